The Balaban J connectivity index is 1.53. The SMILES string of the molecule is COc1ccc(C(=O)N/N=C2\CCCc3oc(C(=O)Nc4ccc(C)cc4)c(C)c32)cc1. The van der Waals surface area contributed by atoms with Gasteiger partial charge in [0, 0.05) is 28.8 Å². The van der Waals surface area contributed by atoms with Crippen LogP contribution < -0.4 is 15.5 Å². The predicted octanol–water partition coefficient (Wildman–Crippen LogP) is 4.63. The van der Waals surface area contributed by atoms with E-state index in [1.54, 1.807) is 31.4 Å². The maximum absolute atomic E-state index is 12.8. The molecule has 0 atom stereocenters. The Bertz CT molecular complexity index is 1180. The van der Waals surface area contributed by atoms with Gasteiger partial charge in [0.25, 0.3) is 11.8 Å². The van der Waals surface area contributed by atoms with Crippen LogP contribution in [0.2, 0.25) is 0 Å². The van der Waals surface area contributed by atoms with Crippen LogP contribution in [0.25, 0.3) is 0 Å². The molecule has 32 heavy (non-hydrogen) atoms. The number of methoxy groups -OCH3 is 1. The summed E-state index contributed by atoms with van der Waals surface area (Å²) < 4.78 is 11.0. The third-order valence-electron chi connectivity index (χ3n) is 5.49. The maximum Gasteiger partial charge on any atom is 0.291 e. The van der Waals surface area contributed by atoms with Gasteiger partial charge in [-0.1, -0.05) is 17.7 Å². The highest BCUT2D eigenvalue weighted by Crippen LogP contribution is 2.30. The molecule has 1 aliphatic rings. The third-order valence-corrected chi connectivity index (χ3v) is 5.49. The fourth-order valence-electron chi connectivity index (χ4n) is 3.75. The molecular weight excluding hydrogens is 406 g/mol. The van der Waals surface area contributed by atoms with E-state index in [0.717, 1.165) is 35.3 Å². The number of carbonyl (C=O) groups is 2. The summed E-state index contributed by atoms with van der Waals surface area (Å²) in [6, 6.07) is 14.4. The van der Waals surface area contributed by atoms with Gasteiger partial charge in [0.1, 0.15) is 11.5 Å². The van der Waals surface area contributed by atoms with Crippen molar-refractivity contribution in [1.82, 2.24) is 5.43 Å². The van der Waals surface area contributed by atoms with E-state index in [-0.39, 0.29) is 17.6 Å². The molecule has 0 aliphatic heterocycles. The molecule has 7 heteroatoms. The number of hydrogen-bond donors (Lipinski definition) is 2. The number of nitrogens with zero attached hydrogens (tertiary/aromatic N) is 1. The van der Waals surface area contributed by atoms with Crippen molar-refractivity contribution < 1.29 is 18.7 Å². The van der Waals surface area contributed by atoms with Crippen molar-refractivity contribution in [2.75, 3.05) is 12.4 Å². The van der Waals surface area contributed by atoms with Crippen molar-refractivity contribution in [1.29, 1.82) is 0 Å². The summed E-state index contributed by atoms with van der Waals surface area (Å²) in [6.07, 6.45) is 2.24. The molecule has 3 aromatic rings. The largest absolute Gasteiger partial charge is 0.497 e. The third kappa shape index (κ3) is 4.42. The van der Waals surface area contributed by atoms with E-state index in [9.17, 15) is 9.59 Å². The standard InChI is InChI=1S/C25H25N3O4/c1-15-7-11-18(12-8-15)26-25(30)23-16(2)22-20(5-4-6-21(22)32-23)27-28-24(29)17-9-13-19(31-3)14-10-17/h7-14H,4-6H2,1-3H3,(H,26,30)(H,28,29)/b27-20+. The van der Waals surface area contributed by atoms with E-state index in [1.165, 1.54) is 0 Å². The Labute approximate surface area is 186 Å². The molecule has 7 nitrogen and oxygen atoms in total. The second-order valence-corrected chi connectivity index (χ2v) is 7.76. The Morgan fingerprint density at radius 1 is 0.969 bits per heavy atom. The van der Waals surface area contributed by atoms with Crippen molar-refractivity contribution in [2.45, 2.75) is 33.1 Å². The fraction of sp³-hybridized carbons (Fsp3) is 0.240. The van der Waals surface area contributed by atoms with E-state index in [4.69, 9.17) is 9.15 Å². The average molecular weight is 431 g/mol. The summed E-state index contributed by atoms with van der Waals surface area (Å²) in [5.74, 6) is 1.05. The molecule has 2 N–H and O–H groups in total. The van der Waals surface area contributed by atoms with Crippen LogP contribution >= 0.6 is 0 Å². The van der Waals surface area contributed by atoms with Gasteiger partial charge in [-0.3, -0.25) is 9.59 Å². The molecule has 0 saturated heterocycles. The highest BCUT2D eigenvalue weighted by Gasteiger charge is 2.28. The lowest BCUT2D eigenvalue weighted by Crippen LogP contribution is -2.22. The van der Waals surface area contributed by atoms with Crippen LogP contribution in [-0.4, -0.2) is 24.6 Å². The highest BCUT2D eigenvalue weighted by molar-refractivity contribution is 6.09. The number of nitrogens with one attached hydrogen (secondary N) is 2. The van der Waals surface area contributed by atoms with Gasteiger partial charge in [-0.25, -0.2) is 5.43 Å². The minimum atomic E-state index is -0.314. The molecule has 1 aromatic heterocycles. The molecule has 0 radical (unpaired) electrons. The summed E-state index contributed by atoms with van der Waals surface area (Å²) in [7, 11) is 1.57. The fourth-order valence-corrected chi connectivity index (χ4v) is 3.75. The highest BCUT2D eigenvalue weighted by atomic mass is 16.5. The van der Waals surface area contributed by atoms with Crippen molar-refractivity contribution >= 4 is 23.2 Å². The zero-order valence-electron chi connectivity index (χ0n) is 18.3. The molecule has 1 aliphatic carbocycles. The topological polar surface area (TPSA) is 92.9 Å². The normalized spacial score (nSPS) is 14.0. The number of hydrazone groups is 1. The molecular formula is C25H25N3O4. The van der Waals surface area contributed by atoms with Crippen molar-refractivity contribution in [3.63, 3.8) is 0 Å². The van der Waals surface area contributed by atoms with Crippen LogP contribution in [0.5, 0.6) is 5.75 Å². The summed E-state index contributed by atoms with van der Waals surface area (Å²) in [5.41, 5.74) is 7.16. The van der Waals surface area contributed by atoms with E-state index in [0.29, 0.717) is 29.1 Å². The predicted molar refractivity (Wildman–Crippen MR) is 123 cm³/mol. The van der Waals surface area contributed by atoms with Gasteiger partial charge in [-0.15, -0.1) is 0 Å². The summed E-state index contributed by atoms with van der Waals surface area (Å²) >= 11 is 0. The van der Waals surface area contributed by atoms with Gasteiger partial charge in [-0.2, -0.15) is 5.10 Å². The van der Waals surface area contributed by atoms with Gasteiger partial charge < -0.3 is 14.5 Å². The lowest BCUT2D eigenvalue weighted by molar-refractivity contribution is 0.0953. The van der Waals surface area contributed by atoms with Crippen LogP contribution in [0, 0.1) is 13.8 Å². The van der Waals surface area contributed by atoms with Crippen molar-refractivity contribution in [2.24, 2.45) is 5.10 Å². The smallest absolute Gasteiger partial charge is 0.291 e. The Morgan fingerprint density at radius 2 is 1.69 bits per heavy atom. The molecule has 0 spiro atoms. The van der Waals surface area contributed by atoms with Crippen LogP contribution in [0.3, 0.4) is 0 Å². The number of benzene rings is 2. The number of carbonyl (C=O) groups excluding carboxylic acids is 2. The van der Waals surface area contributed by atoms with Crippen LogP contribution in [0.4, 0.5) is 5.69 Å². The van der Waals surface area contributed by atoms with Crippen molar-refractivity contribution in [3.05, 3.63) is 82.3 Å². The van der Waals surface area contributed by atoms with E-state index < -0.39 is 0 Å². The van der Waals surface area contributed by atoms with E-state index in [2.05, 4.69) is 15.8 Å². The Hall–Kier alpha value is -3.87. The number of rotatable bonds is 5. The lowest BCUT2D eigenvalue weighted by Gasteiger charge is -2.13. The molecule has 4 rings (SSSR count). The minimum absolute atomic E-state index is 0.270. The summed E-state index contributed by atoms with van der Waals surface area (Å²) in [6.45, 7) is 3.84. The van der Waals surface area contributed by atoms with Gasteiger partial charge in [0.05, 0.1) is 12.8 Å². The number of anilines is 1. The molecule has 0 unspecified atom stereocenters. The number of ether oxygens (including phenoxy) is 1. The van der Waals surface area contributed by atoms with Gasteiger partial charge in [0.15, 0.2) is 5.76 Å². The lowest BCUT2D eigenvalue weighted by atomic mass is 9.93. The molecule has 0 saturated carbocycles. The van der Waals surface area contributed by atoms with Crippen LogP contribution in [-0.2, 0) is 6.42 Å². The number of aryl methyl sites for hydroxylation is 2. The quantitative estimate of drug-likeness (QED) is 0.576. The Morgan fingerprint density at radius 3 is 2.38 bits per heavy atom. The second kappa shape index (κ2) is 9.09. The first-order chi connectivity index (χ1) is 15.5. The van der Waals surface area contributed by atoms with E-state index in [1.807, 2.05) is 38.1 Å². The Kier molecular flexibility index (Phi) is 6.07. The zero-order chi connectivity index (χ0) is 22.7. The first-order valence-corrected chi connectivity index (χ1v) is 10.5. The molecule has 2 amide bonds. The number of fused-ring (bicyclic) bond motifs is 1. The second-order valence-electron chi connectivity index (χ2n) is 7.76. The average Bonchev–Trinajstić information content (AvgIpc) is 3.16. The summed E-state index contributed by atoms with van der Waals surface area (Å²) in [4.78, 5) is 25.3. The number of amides is 2. The van der Waals surface area contributed by atoms with Gasteiger partial charge >= 0.3 is 0 Å². The van der Waals surface area contributed by atoms with Crippen molar-refractivity contribution in [3.8, 4) is 5.75 Å². The number of furan rings is 1. The van der Waals surface area contributed by atoms with Gasteiger partial charge in [-0.05, 0) is 63.1 Å². The first kappa shape index (κ1) is 21.4. The molecule has 164 valence electrons. The van der Waals surface area contributed by atoms with Gasteiger partial charge in [0.2, 0.25) is 0 Å². The van der Waals surface area contributed by atoms with Crippen LogP contribution in [0.1, 0.15) is 56.2 Å². The van der Waals surface area contributed by atoms with E-state index >= 15 is 0 Å². The monoisotopic (exact) mass is 431 g/mol. The minimum Gasteiger partial charge on any atom is -0.497 e. The van der Waals surface area contributed by atoms with Crippen LogP contribution in [0.15, 0.2) is 58.0 Å². The molecule has 0 bridgehead atoms. The number of hydrogen-bond acceptors (Lipinski definition) is 5. The molecule has 1 heterocycles. The molecule has 2 aromatic carbocycles. The maximum atomic E-state index is 12.8. The first-order valence-electron chi connectivity index (χ1n) is 10.5. The zero-order valence-corrected chi connectivity index (χ0v) is 18.3. The summed E-state index contributed by atoms with van der Waals surface area (Å²) in [5, 5.41) is 7.24. The molecule has 0 fully saturated rings.